The molecule has 1 fully saturated rings. The summed E-state index contributed by atoms with van der Waals surface area (Å²) in [5.74, 6) is 0.287. The molecule has 0 aliphatic heterocycles. The van der Waals surface area contributed by atoms with Gasteiger partial charge in [-0.1, -0.05) is 32.1 Å². The van der Waals surface area contributed by atoms with Crippen LogP contribution in [-0.2, 0) is 10.1 Å². The summed E-state index contributed by atoms with van der Waals surface area (Å²) in [7, 11) is -4.18. The lowest BCUT2D eigenvalue weighted by Crippen LogP contribution is -2.23. The van der Waals surface area contributed by atoms with E-state index in [0.717, 1.165) is 25.7 Å². The molecule has 0 saturated heterocycles. The van der Waals surface area contributed by atoms with E-state index < -0.39 is 15.4 Å². The van der Waals surface area contributed by atoms with E-state index in [0.29, 0.717) is 0 Å². The van der Waals surface area contributed by atoms with E-state index in [1.807, 2.05) is 0 Å². The second kappa shape index (κ2) is 4.76. The molecule has 0 spiro atoms. The van der Waals surface area contributed by atoms with Crippen molar-refractivity contribution in [2.45, 2.75) is 43.8 Å². The summed E-state index contributed by atoms with van der Waals surface area (Å²) in [6, 6.07) is 1.65. The van der Waals surface area contributed by atoms with Crippen molar-refractivity contribution < 1.29 is 13.0 Å². The SMILES string of the molecule is N#CC(CC1CCCCC1)S(=O)(=O)O. The number of hydrogen-bond donors (Lipinski definition) is 1. The highest BCUT2D eigenvalue weighted by Gasteiger charge is 2.27. The lowest BCUT2D eigenvalue weighted by Gasteiger charge is -2.22. The maximum absolute atomic E-state index is 10.8. The molecule has 0 heterocycles. The van der Waals surface area contributed by atoms with Gasteiger partial charge in [0.15, 0.2) is 5.25 Å². The zero-order chi connectivity index (χ0) is 10.6. The Labute approximate surface area is 84.7 Å². The standard InChI is InChI=1S/C9H15NO3S/c10-7-9(14(11,12)13)6-8-4-2-1-3-5-8/h8-9H,1-6H2,(H,11,12,13). The first-order valence-electron chi connectivity index (χ1n) is 4.90. The van der Waals surface area contributed by atoms with Crippen LogP contribution in [0.2, 0.25) is 0 Å². The smallest absolute Gasteiger partial charge is 0.281 e. The van der Waals surface area contributed by atoms with Gasteiger partial charge in [-0.3, -0.25) is 4.55 Å². The zero-order valence-corrected chi connectivity index (χ0v) is 8.83. The van der Waals surface area contributed by atoms with Gasteiger partial charge < -0.3 is 0 Å². The Balaban J connectivity index is 2.53. The van der Waals surface area contributed by atoms with Crippen LogP contribution in [-0.4, -0.2) is 18.2 Å². The summed E-state index contributed by atoms with van der Waals surface area (Å²) in [6.45, 7) is 0. The van der Waals surface area contributed by atoms with Gasteiger partial charge in [-0.2, -0.15) is 13.7 Å². The molecule has 1 rings (SSSR count). The van der Waals surface area contributed by atoms with E-state index in [9.17, 15) is 8.42 Å². The first-order valence-corrected chi connectivity index (χ1v) is 6.40. The maximum Gasteiger partial charge on any atom is 0.281 e. The lowest BCUT2D eigenvalue weighted by atomic mass is 9.86. The van der Waals surface area contributed by atoms with Crippen molar-refractivity contribution in [1.82, 2.24) is 0 Å². The predicted molar refractivity (Wildman–Crippen MR) is 52.1 cm³/mol. The monoisotopic (exact) mass is 217 g/mol. The Morgan fingerprint density at radius 2 is 1.93 bits per heavy atom. The van der Waals surface area contributed by atoms with Crippen molar-refractivity contribution >= 4 is 10.1 Å². The van der Waals surface area contributed by atoms with Crippen molar-refractivity contribution in [2.75, 3.05) is 0 Å². The fraction of sp³-hybridized carbons (Fsp3) is 0.889. The molecule has 1 atom stereocenters. The molecule has 1 aliphatic rings. The molecular weight excluding hydrogens is 202 g/mol. The average Bonchev–Trinajstić information content (AvgIpc) is 2.14. The molecule has 0 aromatic carbocycles. The average molecular weight is 217 g/mol. The van der Waals surface area contributed by atoms with Crippen LogP contribution >= 0.6 is 0 Å². The van der Waals surface area contributed by atoms with Gasteiger partial charge in [0, 0.05) is 0 Å². The summed E-state index contributed by atoms with van der Waals surface area (Å²) in [5.41, 5.74) is 0. The van der Waals surface area contributed by atoms with E-state index in [-0.39, 0.29) is 12.3 Å². The van der Waals surface area contributed by atoms with E-state index in [1.165, 1.54) is 6.42 Å². The molecule has 0 bridgehead atoms. The molecule has 1 aliphatic carbocycles. The van der Waals surface area contributed by atoms with Crippen molar-refractivity contribution in [2.24, 2.45) is 5.92 Å². The molecule has 1 N–H and O–H groups in total. The number of rotatable bonds is 3. The van der Waals surface area contributed by atoms with Gasteiger partial charge >= 0.3 is 0 Å². The Morgan fingerprint density at radius 3 is 2.36 bits per heavy atom. The fourth-order valence-corrected chi connectivity index (χ4v) is 2.62. The van der Waals surface area contributed by atoms with E-state index in [1.54, 1.807) is 6.07 Å². The number of nitrogens with zero attached hydrogens (tertiary/aromatic N) is 1. The van der Waals surface area contributed by atoms with Crippen LogP contribution in [0, 0.1) is 17.2 Å². The van der Waals surface area contributed by atoms with E-state index in [2.05, 4.69) is 0 Å². The first-order chi connectivity index (χ1) is 6.54. The van der Waals surface area contributed by atoms with Crippen molar-refractivity contribution in [1.29, 1.82) is 5.26 Å². The third kappa shape index (κ3) is 3.28. The van der Waals surface area contributed by atoms with Crippen LogP contribution in [0.15, 0.2) is 0 Å². The molecule has 5 heteroatoms. The quantitative estimate of drug-likeness (QED) is 0.730. The molecule has 0 aromatic rings. The molecular formula is C9H15NO3S. The molecule has 14 heavy (non-hydrogen) atoms. The lowest BCUT2D eigenvalue weighted by molar-refractivity contribution is 0.337. The van der Waals surface area contributed by atoms with Gasteiger partial charge in [-0.05, 0) is 12.3 Å². The predicted octanol–water partition coefficient (Wildman–Crippen LogP) is 1.74. The summed E-state index contributed by atoms with van der Waals surface area (Å²) in [6.07, 6.45) is 5.65. The van der Waals surface area contributed by atoms with E-state index in [4.69, 9.17) is 9.81 Å². The van der Waals surface area contributed by atoms with Crippen LogP contribution in [0.25, 0.3) is 0 Å². The Hall–Kier alpha value is -0.600. The first kappa shape index (κ1) is 11.5. The zero-order valence-electron chi connectivity index (χ0n) is 8.02. The van der Waals surface area contributed by atoms with Gasteiger partial charge in [0.25, 0.3) is 10.1 Å². The minimum absolute atomic E-state index is 0.287. The molecule has 0 aromatic heterocycles. The van der Waals surface area contributed by atoms with Crippen LogP contribution in [0.4, 0.5) is 0 Å². The Bertz CT molecular complexity index is 311. The summed E-state index contributed by atoms with van der Waals surface area (Å²) in [4.78, 5) is 0. The van der Waals surface area contributed by atoms with Crippen LogP contribution in [0.5, 0.6) is 0 Å². The fourth-order valence-electron chi connectivity index (χ4n) is 1.97. The number of hydrogen-bond acceptors (Lipinski definition) is 3. The minimum Gasteiger partial charge on any atom is -0.285 e. The van der Waals surface area contributed by atoms with Crippen LogP contribution in [0.1, 0.15) is 38.5 Å². The highest BCUT2D eigenvalue weighted by Crippen LogP contribution is 2.28. The van der Waals surface area contributed by atoms with Gasteiger partial charge in [0.2, 0.25) is 0 Å². The van der Waals surface area contributed by atoms with E-state index >= 15 is 0 Å². The molecule has 4 nitrogen and oxygen atoms in total. The minimum atomic E-state index is -4.18. The molecule has 1 unspecified atom stereocenters. The maximum atomic E-state index is 10.8. The van der Waals surface area contributed by atoms with Gasteiger partial charge in [-0.15, -0.1) is 0 Å². The second-order valence-corrected chi connectivity index (χ2v) is 5.47. The van der Waals surface area contributed by atoms with Crippen molar-refractivity contribution in [3.05, 3.63) is 0 Å². The molecule has 0 amide bonds. The Kier molecular flexibility index (Phi) is 3.90. The normalized spacial score (nSPS) is 21.4. The van der Waals surface area contributed by atoms with Crippen molar-refractivity contribution in [3.63, 3.8) is 0 Å². The molecule has 1 saturated carbocycles. The van der Waals surface area contributed by atoms with Gasteiger partial charge in [-0.25, -0.2) is 0 Å². The largest absolute Gasteiger partial charge is 0.285 e. The summed E-state index contributed by atoms with van der Waals surface area (Å²) in [5, 5.41) is 7.37. The molecule has 80 valence electrons. The van der Waals surface area contributed by atoms with Gasteiger partial charge in [0.05, 0.1) is 6.07 Å². The molecule has 0 radical (unpaired) electrons. The van der Waals surface area contributed by atoms with Crippen LogP contribution in [0.3, 0.4) is 0 Å². The third-order valence-corrected chi connectivity index (χ3v) is 3.79. The van der Waals surface area contributed by atoms with Crippen molar-refractivity contribution in [3.8, 4) is 6.07 Å². The van der Waals surface area contributed by atoms with Crippen LogP contribution < -0.4 is 0 Å². The highest BCUT2D eigenvalue weighted by atomic mass is 32.2. The van der Waals surface area contributed by atoms with Gasteiger partial charge in [0.1, 0.15) is 0 Å². The topological polar surface area (TPSA) is 78.2 Å². The third-order valence-electron chi connectivity index (χ3n) is 2.78. The number of nitriles is 1. The second-order valence-electron chi connectivity index (χ2n) is 3.87. The summed E-state index contributed by atoms with van der Waals surface area (Å²) >= 11 is 0. The summed E-state index contributed by atoms with van der Waals surface area (Å²) < 4.78 is 30.3. The highest BCUT2D eigenvalue weighted by molar-refractivity contribution is 7.86. The Morgan fingerprint density at radius 1 is 1.36 bits per heavy atom.